The molecule has 1 aliphatic heterocycles. The van der Waals surface area contributed by atoms with Gasteiger partial charge in [-0.15, -0.1) is 5.10 Å². The minimum atomic E-state index is -0.253. The second-order valence-corrected chi connectivity index (χ2v) is 5.52. The van der Waals surface area contributed by atoms with Crippen molar-refractivity contribution in [3.8, 4) is 0 Å². The van der Waals surface area contributed by atoms with Crippen LogP contribution in [0.4, 0.5) is 0 Å². The fourth-order valence-electron chi connectivity index (χ4n) is 2.08. The molecule has 0 aliphatic carbocycles. The molecule has 0 spiro atoms. The number of amides is 1. The minimum absolute atomic E-state index is 0.193. The van der Waals surface area contributed by atoms with Gasteiger partial charge in [0.1, 0.15) is 5.82 Å². The van der Waals surface area contributed by atoms with E-state index in [1.54, 1.807) is 0 Å². The van der Waals surface area contributed by atoms with Crippen molar-refractivity contribution in [3.63, 3.8) is 0 Å². The Labute approximate surface area is 124 Å². The highest BCUT2D eigenvalue weighted by Gasteiger charge is 2.15. The third-order valence-electron chi connectivity index (χ3n) is 3.33. The number of rotatable bonds is 8. The number of nitrogens with one attached hydrogen (secondary N) is 2. The van der Waals surface area contributed by atoms with Gasteiger partial charge in [-0.2, -0.15) is 0 Å². The molecule has 0 radical (unpaired) electrons. The van der Waals surface area contributed by atoms with Gasteiger partial charge >= 0.3 is 0 Å². The Kier molecular flexibility index (Phi) is 6.13. The van der Waals surface area contributed by atoms with Gasteiger partial charge in [0.25, 0.3) is 5.91 Å². The number of aromatic nitrogens is 3. The number of ether oxygens (including phenoxy) is 2. The van der Waals surface area contributed by atoms with Crippen molar-refractivity contribution in [1.82, 2.24) is 20.5 Å². The second-order valence-electron chi connectivity index (χ2n) is 5.52. The smallest absolute Gasteiger partial charge is 0.290 e. The number of hydrogen-bond acceptors (Lipinski definition) is 5. The van der Waals surface area contributed by atoms with Gasteiger partial charge in [-0.25, -0.2) is 4.98 Å². The van der Waals surface area contributed by atoms with Crippen LogP contribution in [-0.4, -0.2) is 53.6 Å². The normalized spacial score (nSPS) is 18.3. The summed E-state index contributed by atoms with van der Waals surface area (Å²) in [6.07, 6.45) is 3.22. The monoisotopic (exact) mass is 296 g/mol. The van der Waals surface area contributed by atoms with Crippen molar-refractivity contribution >= 4 is 5.91 Å². The standard InChI is InChI=1S/C14H24N4O3/c1-10(2)12-16-13(18-17-12)14(19)15-6-4-7-20-9-11-5-3-8-21-11/h10-11H,3-9H2,1-2H3,(H,15,19)(H,16,17,18). The molecule has 1 unspecified atom stereocenters. The summed E-state index contributed by atoms with van der Waals surface area (Å²) in [4.78, 5) is 16.0. The first kappa shape index (κ1) is 15.9. The van der Waals surface area contributed by atoms with Crippen molar-refractivity contribution in [3.05, 3.63) is 11.6 Å². The molecule has 1 amide bonds. The van der Waals surface area contributed by atoms with E-state index in [2.05, 4.69) is 20.5 Å². The van der Waals surface area contributed by atoms with Gasteiger partial charge in [0.05, 0.1) is 12.7 Å². The molecule has 7 nitrogen and oxygen atoms in total. The molecule has 0 aromatic carbocycles. The summed E-state index contributed by atoms with van der Waals surface area (Å²) in [6.45, 7) is 6.65. The largest absolute Gasteiger partial charge is 0.379 e. The Hall–Kier alpha value is -1.47. The van der Waals surface area contributed by atoms with Crippen LogP contribution in [0.5, 0.6) is 0 Å². The zero-order chi connectivity index (χ0) is 15.1. The summed E-state index contributed by atoms with van der Waals surface area (Å²) < 4.78 is 11.0. The molecule has 21 heavy (non-hydrogen) atoms. The van der Waals surface area contributed by atoms with Crippen LogP contribution in [0.2, 0.25) is 0 Å². The Bertz CT molecular complexity index is 441. The Morgan fingerprint density at radius 1 is 1.57 bits per heavy atom. The van der Waals surface area contributed by atoms with E-state index in [-0.39, 0.29) is 23.8 Å². The number of H-pyrrole nitrogens is 1. The summed E-state index contributed by atoms with van der Waals surface area (Å²) in [5, 5.41) is 9.46. The SMILES string of the molecule is CC(C)c1nc(C(=O)NCCCOCC2CCCO2)n[nH]1. The molecule has 1 aromatic rings. The zero-order valence-electron chi connectivity index (χ0n) is 12.7. The van der Waals surface area contributed by atoms with Crippen molar-refractivity contribution in [1.29, 1.82) is 0 Å². The average molecular weight is 296 g/mol. The summed E-state index contributed by atoms with van der Waals surface area (Å²) in [6, 6.07) is 0. The lowest BCUT2D eigenvalue weighted by Crippen LogP contribution is -2.26. The summed E-state index contributed by atoms with van der Waals surface area (Å²) in [7, 11) is 0. The van der Waals surface area contributed by atoms with E-state index in [0.29, 0.717) is 19.8 Å². The second kappa shape index (κ2) is 8.09. The van der Waals surface area contributed by atoms with Crippen LogP contribution in [0.15, 0.2) is 0 Å². The fraction of sp³-hybridized carbons (Fsp3) is 0.786. The van der Waals surface area contributed by atoms with E-state index in [4.69, 9.17) is 9.47 Å². The number of carbonyl (C=O) groups is 1. The van der Waals surface area contributed by atoms with Gasteiger partial charge < -0.3 is 14.8 Å². The van der Waals surface area contributed by atoms with E-state index in [0.717, 1.165) is 31.7 Å². The molecule has 1 fully saturated rings. The van der Waals surface area contributed by atoms with Crippen molar-refractivity contribution in [2.75, 3.05) is 26.4 Å². The third kappa shape index (κ3) is 5.09. The molecule has 1 aliphatic rings. The molecule has 118 valence electrons. The van der Waals surface area contributed by atoms with Crippen LogP contribution in [0.1, 0.15) is 55.5 Å². The third-order valence-corrected chi connectivity index (χ3v) is 3.33. The number of hydrogen-bond donors (Lipinski definition) is 2. The highest BCUT2D eigenvalue weighted by molar-refractivity contribution is 5.90. The van der Waals surface area contributed by atoms with Crippen LogP contribution >= 0.6 is 0 Å². The predicted octanol–water partition coefficient (Wildman–Crippen LogP) is 1.24. The van der Waals surface area contributed by atoms with E-state index >= 15 is 0 Å². The quantitative estimate of drug-likeness (QED) is 0.705. The zero-order valence-corrected chi connectivity index (χ0v) is 12.7. The van der Waals surface area contributed by atoms with E-state index in [9.17, 15) is 4.79 Å². The van der Waals surface area contributed by atoms with Crippen LogP contribution < -0.4 is 5.32 Å². The Balaban J connectivity index is 1.56. The first-order valence-corrected chi connectivity index (χ1v) is 7.56. The fourth-order valence-corrected chi connectivity index (χ4v) is 2.08. The molecule has 0 saturated carbocycles. The molecule has 1 aromatic heterocycles. The lowest BCUT2D eigenvalue weighted by Gasteiger charge is -2.09. The molecule has 7 heteroatoms. The van der Waals surface area contributed by atoms with Crippen molar-refractivity contribution in [2.24, 2.45) is 0 Å². The maximum absolute atomic E-state index is 11.8. The van der Waals surface area contributed by atoms with Gasteiger partial charge in [0.15, 0.2) is 0 Å². The first-order valence-electron chi connectivity index (χ1n) is 7.56. The lowest BCUT2D eigenvalue weighted by molar-refractivity contribution is 0.0166. The Morgan fingerprint density at radius 3 is 3.10 bits per heavy atom. The average Bonchev–Trinajstić information content (AvgIpc) is 3.13. The van der Waals surface area contributed by atoms with E-state index in [1.165, 1.54) is 0 Å². The number of aromatic amines is 1. The predicted molar refractivity (Wildman–Crippen MR) is 77.2 cm³/mol. The molecule has 2 N–H and O–H groups in total. The van der Waals surface area contributed by atoms with Crippen LogP contribution in [-0.2, 0) is 9.47 Å². The molecular weight excluding hydrogens is 272 g/mol. The van der Waals surface area contributed by atoms with Crippen LogP contribution in [0.3, 0.4) is 0 Å². The molecule has 1 atom stereocenters. The van der Waals surface area contributed by atoms with Gasteiger partial charge in [-0.1, -0.05) is 13.8 Å². The topological polar surface area (TPSA) is 89.1 Å². The van der Waals surface area contributed by atoms with Gasteiger partial charge in [-0.05, 0) is 19.3 Å². The molecule has 1 saturated heterocycles. The van der Waals surface area contributed by atoms with Crippen molar-refractivity contribution < 1.29 is 14.3 Å². The van der Waals surface area contributed by atoms with E-state index in [1.807, 2.05) is 13.8 Å². The minimum Gasteiger partial charge on any atom is -0.379 e. The lowest BCUT2D eigenvalue weighted by atomic mass is 10.2. The summed E-state index contributed by atoms with van der Waals surface area (Å²) in [5.74, 6) is 0.890. The molecule has 0 bridgehead atoms. The van der Waals surface area contributed by atoms with Gasteiger partial charge in [0.2, 0.25) is 5.82 Å². The van der Waals surface area contributed by atoms with Gasteiger partial charge in [-0.3, -0.25) is 9.89 Å². The molecule has 2 heterocycles. The van der Waals surface area contributed by atoms with Crippen molar-refractivity contribution in [2.45, 2.75) is 45.1 Å². The summed E-state index contributed by atoms with van der Waals surface area (Å²) >= 11 is 0. The highest BCUT2D eigenvalue weighted by atomic mass is 16.5. The molecular formula is C14H24N4O3. The van der Waals surface area contributed by atoms with Crippen LogP contribution in [0.25, 0.3) is 0 Å². The molecule has 2 rings (SSSR count). The maximum atomic E-state index is 11.8. The number of nitrogens with zero attached hydrogens (tertiary/aromatic N) is 2. The highest BCUT2D eigenvalue weighted by Crippen LogP contribution is 2.11. The number of carbonyl (C=O) groups excluding carboxylic acids is 1. The Morgan fingerprint density at radius 2 is 2.43 bits per heavy atom. The van der Waals surface area contributed by atoms with Crippen LogP contribution in [0, 0.1) is 0 Å². The van der Waals surface area contributed by atoms with E-state index < -0.39 is 0 Å². The maximum Gasteiger partial charge on any atom is 0.290 e. The summed E-state index contributed by atoms with van der Waals surface area (Å²) in [5.41, 5.74) is 0. The first-order chi connectivity index (χ1) is 10.2. The van der Waals surface area contributed by atoms with Gasteiger partial charge in [0, 0.05) is 25.7 Å².